The molecule has 5 heteroatoms. The Morgan fingerprint density at radius 1 is 1.06 bits per heavy atom. The summed E-state index contributed by atoms with van der Waals surface area (Å²) in [4.78, 5) is 0. The van der Waals surface area contributed by atoms with E-state index in [0.717, 1.165) is 27.9 Å². The monoisotopic (exact) mass is 243 g/mol. The van der Waals surface area contributed by atoms with Gasteiger partial charge in [0, 0.05) is 0 Å². The zero-order chi connectivity index (χ0) is 12.5. The zero-order valence-corrected chi connectivity index (χ0v) is 11.0. The van der Waals surface area contributed by atoms with Crippen LogP contribution < -0.4 is 4.72 Å². The van der Waals surface area contributed by atoms with Crippen LogP contribution in [0.5, 0.6) is 5.75 Å². The van der Waals surface area contributed by atoms with Crippen LogP contribution in [0.15, 0.2) is 0 Å². The maximum absolute atomic E-state index is 11.3. The van der Waals surface area contributed by atoms with Gasteiger partial charge in [-0.05, 0) is 49.9 Å². The van der Waals surface area contributed by atoms with Crippen LogP contribution >= 0.6 is 0 Å². The molecular weight excluding hydrogens is 226 g/mol. The second-order valence-corrected chi connectivity index (χ2v) is 4.73. The molecule has 0 aromatic heterocycles. The largest absolute Gasteiger partial charge is 0.507 e. The summed E-state index contributed by atoms with van der Waals surface area (Å²) in [6.45, 7) is 7.41. The predicted octanol–water partition coefficient (Wildman–Crippen LogP) is 2.26. The minimum absolute atomic E-state index is 0.295. The fourth-order valence-corrected chi connectivity index (χ4v) is 2.13. The Kier molecular flexibility index (Phi) is 3.93. The van der Waals surface area contributed by atoms with E-state index >= 15 is 0 Å². The second kappa shape index (κ2) is 4.84. The van der Waals surface area contributed by atoms with Gasteiger partial charge < -0.3 is 5.11 Å². The zero-order valence-electron chi connectivity index (χ0n) is 10.2. The van der Waals surface area contributed by atoms with Crippen molar-refractivity contribution < 1.29 is 13.5 Å². The molecule has 1 atom stereocenters. The standard InChI is InChI=1S/C11H17NO3S/c1-6-8(3)11(13)9(4)7(2)10(6)12-16(14)15-5/h12-13H,1-5H3. The number of nitrogens with one attached hydrogen (secondary N) is 1. The average Bonchev–Trinajstić information content (AvgIpc) is 2.29. The van der Waals surface area contributed by atoms with Crippen molar-refractivity contribution in [1.29, 1.82) is 0 Å². The molecule has 0 aliphatic heterocycles. The van der Waals surface area contributed by atoms with Gasteiger partial charge in [-0.25, -0.2) is 4.21 Å². The first-order chi connectivity index (χ1) is 7.40. The van der Waals surface area contributed by atoms with Crippen molar-refractivity contribution in [3.05, 3.63) is 22.3 Å². The molecule has 2 N–H and O–H groups in total. The van der Waals surface area contributed by atoms with Gasteiger partial charge in [-0.1, -0.05) is 0 Å². The molecule has 90 valence electrons. The molecule has 0 bridgehead atoms. The van der Waals surface area contributed by atoms with E-state index in [1.807, 2.05) is 27.7 Å². The molecule has 0 heterocycles. The van der Waals surface area contributed by atoms with Gasteiger partial charge in [0.25, 0.3) is 11.3 Å². The van der Waals surface area contributed by atoms with Crippen LogP contribution in [0.3, 0.4) is 0 Å². The second-order valence-electron chi connectivity index (χ2n) is 3.73. The fraction of sp³-hybridized carbons (Fsp3) is 0.455. The molecule has 0 aliphatic rings. The van der Waals surface area contributed by atoms with Crippen molar-refractivity contribution in [3.63, 3.8) is 0 Å². The van der Waals surface area contributed by atoms with Crippen LogP contribution in [0.4, 0.5) is 5.69 Å². The minimum atomic E-state index is -1.55. The highest BCUT2D eigenvalue weighted by molar-refractivity contribution is 7.81. The Labute approximate surface area is 98.4 Å². The minimum Gasteiger partial charge on any atom is -0.507 e. The predicted molar refractivity (Wildman–Crippen MR) is 65.8 cm³/mol. The van der Waals surface area contributed by atoms with E-state index in [0.29, 0.717) is 5.75 Å². The van der Waals surface area contributed by atoms with Crippen molar-refractivity contribution in [1.82, 2.24) is 0 Å². The Morgan fingerprint density at radius 3 is 1.88 bits per heavy atom. The molecular formula is C11H17NO3S. The van der Waals surface area contributed by atoms with Gasteiger partial charge in [-0.15, -0.1) is 0 Å². The van der Waals surface area contributed by atoms with Crippen molar-refractivity contribution in [3.8, 4) is 5.75 Å². The molecule has 0 radical (unpaired) electrons. The summed E-state index contributed by atoms with van der Waals surface area (Å²) in [5.74, 6) is 0.295. The summed E-state index contributed by atoms with van der Waals surface area (Å²) in [7, 11) is 1.37. The van der Waals surface area contributed by atoms with Crippen LogP contribution in [-0.2, 0) is 15.4 Å². The van der Waals surface area contributed by atoms with Gasteiger partial charge in [0.1, 0.15) is 5.75 Å². The Morgan fingerprint density at radius 2 is 1.50 bits per heavy atom. The Balaban J connectivity index is 3.34. The van der Waals surface area contributed by atoms with Crippen LogP contribution in [0.2, 0.25) is 0 Å². The van der Waals surface area contributed by atoms with Gasteiger partial charge in [0.2, 0.25) is 0 Å². The van der Waals surface area contributed by atoms with Crippen molar-refractivity contribution >= 4 is 17.0 Å². The summed E-state index contributed by atoms with van der Waals surface area (Å²) >= 11 is -1.55. The van der Waals surface area contributed by atoms with E-state index in [1.54, 1.807) is 0 Å². The van der Waals surface area contributed by atoms with Crippen molar-refractivity contribution in [2.45, 2.75) is 27.7 Å². The molecule has 4 nitrogen and oxygen atoms in total. The lowest BCUT2D eigenvalue weighted by Crippen LogP contribution is -2.09. The summed E-state index contributed by atoms with van der Waals surface area (Å²) in [5, 5.41) is 9.85. The van der Waals surface area contributed by atoms with Gasteiger partial charge in [0.05, 0.1) is 12.8 Å². The number of hydrogen-bond acceptors (Lipinski definition) is 3. The van der Waals surface area contributed by atoms with Gasteiger partial charge in [-0.3, -0.25) is 8.91 Å². The molecule has 0 saturated heterocycles. The SMILES string of the molecule is COS(=O)Nc1c(C)c(C)c(O)c(C)c1C. The fourth-order valence-electron chi connectivity index (χ4n) is 1.57. The number of aromatic hydroxyl groups is 1. The first kappa shape index (κ1) is 13.0. The number of anilines is 1. The maximum atomic E-state index is 11.3. The molecule has 0 amide bonds. The van der Waals surface area contributed by atoms with Gasteiger partial charge in [0.15, 0.2) is 0 Å². The quantitative estimate of drug-likeness (QED) is 0.801. The smallest absolute Gasteiger partial charge is 0.261 e. The third-order valence-corrected chi connectivity index (χ3v) is 3.60. The highest BCUT2D eigenvalue weighted by Crippen LogP contribution is 2.34. The summed E-state index contributed by atoms with van der Waals surface area (Å²) < 4.78 is 18.8. The average molecular weight is 243 g/mol. The maximum Gasteiger partial charge on any atom is 0.261 e. The molecule has 1 aromatic rings. The summed E-state index contributed by atoms with van der Waals surface area (Å²) in [6.07, 6.45) is 0. The van der Waals surface area contributed by atoms with Crippen LogP contribution in [-0.4, -0.2) is 16.4 Å². The molecule has 0 fully saturated rings. The lowest BCUT2D eigenvalue weighted by Gasteiger charge is -2.17. The summed E-state index contributed by atoms with van der Waals surface area (Å²) in [5.41, 5.74) is 4.10. The highest BCUT2D eigenvalue weighted by atomic mass is 32.2. The van der Waals surface area contributed by atoms with Crippen molar-refractivity contribution in [2.24, 2.45) is 0 Å². The van der Waals surface area contributed by atoms with E-state index in [9.17, 15) is 9.32 Å². The van der Waals surface area contributed by atoms with Crippen LogP contribution in [0.25, 0.3) is 0 Å². The third kappa shape index (κ3) is 2.20. The van der Waals surface area contributed by atoms with Crippen LogP contribution in [0, 0.1) is 27.7 Å². The van der Waals surface area contributed by atoms with Gasteiger partial charge in [-0.2, -0.15) is 0 Å². The lowest BCUT2D eigenvalue weighted by atomic mass is 9.98. The normalized spacial score (nSPS) is 12.6. The first-order valence-corrected chi connectivity index (χ1v) is 5.99. The van der Waals surface area contributed by atoms with Gasteiger partial charge >= 0.3 is 0 Å². The first-order valence-electron chi connectivity index (χ1n) is 4.92. The molecule has 1 aromatic carbocycles. The third-order valence-electron chi connectivity index (χ3n) is 2.92. The van der Waals surface area contributed by atoms with E-state index in [4.69, 9.17) is 0 Å². The van der Waals surface area contributed by atoms with Crippen LogP contribution in [0.1, 0.15) is 22.3 Å². The number of hydrogen-bond donors (Lipinski definition) is 2. The molecule has 1 rings (SSSR count). The Bertz CT molecular complexity index is 414. The number of phenolic OH excluding ortho intramolecular Hbond substituents is 1. The molecule has 1 unspecified atom stereocenters. The number of benzene rings is 1. The van der Waals surface area contributed by atoms with E-state index in [1.165, 1.54) is 7.11 Å². The molecule has 0 aliphatic carbocycles. The lowest BCUT2D eigenvalue weighted by molar-refractivity contribution is 0.449. The molecule has 0 spiro atoms. The Hall–Kier alpha value is -1.07. The van der Waals surface area contributed by atoms with E-state index < -0.39 is 11.3 Å². The molecule has 0 saturated carbocycles. The van der Waals surface area contributed by atoms with E-state index in [2.05, 4.69) is 8.91 Å². The summed E-state index contributed by atoms with van der Waals surface area (Å²) in [6, 6.07) is 0. The topological polar surface area (TPSA) is 58.6 Å². The van der Waals surface area contributed by atoms with E-state index in [-0.39, 0.29) is 0 Å². The number of rotatable bonds is 3. The molecule has 16 heavy (non-hydrogen) atoms. The number of phenols is 1. The highest BCUT2D eigenvalue weighted by Gasteiger charge is 2.15. The van der Waals surface area contributed by atoms with Crippen molar-refractivity contribution in [2.75, 3.05) is 11.8 Å².